The van der Waals surface area contributed by atoms with E-state index in [0.29, 0.717) is 11.5 Å². The fourth-order valence-corrected chi connectivity index (χ4v) is 2.79. The molecule has 1 N–H and O–H groups in total. The smallest absolute Gasteiger partial charge is 0.126 e. The summed E-state index contributed by atoms with van der Waals surface area (Å²) in [4.78, 5) is 2.46. The summed E-state index contributed by atoms with van der Waals surface area (Å²) in [6.07, 6.45) is 2.40. The van der Waals surface area contributed by atoms with E-state index in [4.69, 9.17) is 0 Å². The van der Waals surface area contributed by atoms with Crippen molar-refractivity contribution < 1.29 is 8.78 Å². The largest absolute Gasteiger partial charge is 0.310 e. The van der Waals surface area contributed by atoms with Gasteiger partial charge in [0.25, 0.3) is 0 Å². The summed E-state index contributed by atoms with van der Waals surface area (Å²) in [7, 11) is 0. The lowest BCUT2D eigenvalue weighted by molar-refractivity contribution is 0.188. The Labute approximate surface area is 120 Å². The second-order valence-electron chi connectivity index (χ2n) is 5.71. The van der Waals surface area contributed by atoms with E-state index >= 15 is 0 Å². The molecule has 0 aliphatic carbocycles. The highest BCUT2D eigenvalue weighted by molar-refractivity contribution is 5.20. The SMILES string of the molecule is CCN1CCC(CNC(C)c2cc(F)cc(F)c2)CC1. The van der Waals surface area contributed by atoms with Gasteiger partial charge in [-0.1, -0.05) is 6.92 Å². The van der Waals surface area contributed by atoms with Gasteiger partial charge in [-0.05, 0) is 69.6 Å². The molecule has 0 bridgehead atoms. The summed E-state index contributed by atoms with van der Waals surface area (Å²) in [6.45, 7) is 8.50. The summed E-state index contributed by atoms with van der Waals surface area (Å²) in [6, 6.07) is 3.70. The second kappa shape index (κ2) is 7.14. The van der Waals surface area contributed by atoms with Crippen LogP contribution in [-0.2, 0) is 0 Å². The predicted molar refractivity (Wildman–Crippen MR) is 77.6 cm³/mol. The molecule has 20 heavy (non-hydrogen) atoms. The minimum Gasteiger partial charge on any atom is -0.310 e. The number of piperidine rings is 1. The highest BCUT2D eigenvalue weighted by Gasteiger charge is 2.18. The minimum absolute atomic E-state index is 0.0237. The predicted octanol–water partition coefficient (Wildman–Crippen LogP) is 3.35. The Bertz CT molecular complexity index is 408. The molecule has 112 valence electrons. The Balaban J connectivity index is 1.81. The van der Waals surface area contributed by atoms with E-state index in [1.54, 1.807) is 0 Å². The van der Waals surface area contributed by atoms with E-state index in [1.165, 1.54) is 25.0 Å². The molecular formula is C16H24F2N2. The van der Waals surface area contributed by atoms with Crippen LogP contribution in [-0.4, -0.2) is 31.1 Å². The topological polar surface area (TPSA) is 15.3 Å². The highest BCUT2D eigenvalue weighted by Crippen LogP contribution is 2.19. The molecule has 0 spiro atoms. The van der Waals surface area contributed by atoms with Crippen LogP contribution in [0.15, 0.2) is 18.2 Å². The maximum Gasteiger partial charge on any atom is 0.126 e. The monoisotopic (exact) mass is 282 g/mol. The fraction of sp³-hybridized carbons (Fsp3) is 0.625. The van der Waals surface area contributed by atoms with Crippen molar-refractivity contribution in [3.63, 3.8) is 0 Å². The Morgan fingerprint density at radius 3 is 2.35 bits per heavy atom. The maximum atomic E-state index is 13.2. The van der Waals surface area contributed by atoms with Gasteiger partial charge in [0.05, 0.1) is 0 Å². The van der Waals surface area contributed by atoms with Crippen LogP contribution in [0.1, 0.15) is 38.3 Å². The Morgan fingerprint density at radius 2 is 1.80 bits per heavy atom. The zero-order valence-electron chi connectivity index (χ0n) is 12.3. The van der Waals surface area contributed by atoms with Crippen LogP contribution in [0.3, 0.4) is 0 Å². The number of hydrogen-bond donors (Lipinski definition) is 1. The molecule has 1 saturated heterocycles. The zero-order valence-corrected chi connectivity index (χ0v) is 12.3. The minimum atomic E-state index is -0.509. The third kappa shape index (κ3) is 4.25. The molecule has 1 aliphatic rings. The van der Waals surface area contributed by atoms with Crippen LogP contribution >= 0.6 is 0 Å². The molecule has 2 rings (SSSR count). The van der Waals surface area contributed by atoms with Gasteiger partial charge in [-0.3, -0.25) is 0 Å². The number of hydrogen-bond acceptors (Lipinski definition) is 2. The van der Waals surface area contributed by atoms with Gasteiger partial charge >= 0.3 is 0 Å². The van der Waals surface area contributed by atoms with Gasteiger partial charge < -0.3 is 10.2 Å². The van der Waals surface area contributed by atoms with Crippen molar-refractivity contribution in [1.82, 2.24) is 10.2 Å². The molecule has 0 saturated carbocycles. The van der Waals surface area contributed by atoms with Gasteiger partial charge in [0.1, 0.15) is 11.6 Å². The summed E-state index contributed by atoms with van der Waals surface area (Å²) in [5, 5.41) is 3.40. The first kappa shape index (κ1) is 15.4. The molecule has 1 atom stereocenters. The van der Waals surface area contributed by atoms with Gasteiger partial charge in [-0.25, -0.2) is 8.78 Å². The standard InChI is InChI=1S/C16H24F2N2/c1-3-20-6-4-13(5-7-20)11-19-12(2)14-8-15(17)10-16(18)9-14/h8-10,12-13,19H,3-7,11H2,1-2H3. The lowest BCUT2D eigenvalue weighted by atomic mass is 9.96. The van der Waals surface area contributed by atoms with Gasteiger partial charge in [0, 0.05) is 12.1 Å². The first-order valence-corrected chi connectivity index (χ1v) is 7.50. The Kier molecular flexibility index (Phi) is 5.49. The molecule has 0 amide bonds. The number of halogens is 2. The van der Waals surface area contributed by atoms with Gasteiger partial charge in [0.2, 0.25) is 0 Å². The molecule has 0 radical (unpaired) electrons. The van der Waals surface area contributed by atoms with Crippen LogP contribution < -0.4 is 5.32 Å². The lowest BCUT2D eigenvalue weighted by Gasteiger charge is -2.31. The molecule has 1 aliphatic heterocycles. The van der Waals surface area contributed by atoms with Crippen LogP contribution in [0.25, 0.3) is 0 Å². The van der Waals surface area contributed by atoms with Crippen molar-refractivity contribution >= 4 is 0 Å². The van der Waals surface area contributed by atoms with Crippen molar-refractivity contribution in [2.75, 3.05) is 26.2 Å². The van der Waals surface area contributed by atoms with E-state index < -0.39 is 11.6 Å². The third-order valence-electron chi connectivity index (χ3n) is 4.25. The summed E-state index contributed by atoms with van der Waals surface area (Å²) in [5.41, 5.74) is 0.675. The third-order valence-corrected chi connectivity index (χ3v) is 4.25. The number of rotatable bonds is 5. The number of likely N-dealkylation sites (tertiary alicyclic amines) is 1. The van der Waals surface area contributed by atoms with E-state index in [9.17, 15) is 8.78 Å². The van der Waals surface area contributed by atoms with E-state index in [-0.39, 0.29) is 6.04 Å². The van der Waals surface area contributed by atoms with Crippen molar-refractivity contribution in [3.8, 4) is 0 Å². The highest BCUT2D eigenvalue weighted by atomic mass is 19.1. The van der Waals surface area contributed by atoms with E-state index in [0.717, 1.165) is 32.2 Å². The van der Waals surface area contributed by atoms with E-state index in [2.05, 4.69) is 17.1 Å². The quantitative estimate of drug-likeness (QED) is 0.891. The molecule has 1 heterocycles. The molecule has 1 aromatic carbocycles. The normalized spacial score (nSPS) is 19.2. The first-order chi connectivity index (χ1) is 9.58. The van der Waals surface area contributed by atoms with Crippen molar-refractivity contribution in [3.05, 3.63) is 35.4 Å². The van der Waals surface area contributed by atoms with Crippen molar-refractivity contribution in [2.45, 2.75) is 32.7 Å². The second-order valence-corrected chi connectivity index (χ2v) is 5.71. The van der Waals surface area contributed by atoms with Crippen molar-refractivity contribution in [1.29, 1.82) is 0 Å². The first-order valence-electron chi connectivity index (χ1n) is 7.50. The molecule has 1 aromatic rings. The van der Waals surface area contributed by atoms with Gasteiger partial charge in [-0.2, -0.15) is 0 Å². The number of benzene rings is 1. The molecule has 2 nitrogen and oxygen atoms in total. The Morgan fingerprint density at radius 1 is 1.20 bits per heavy atom. The average molecular weight is 282 g/mol. The van der Waals surface area contributed by atoms with Gasteiger partial charge in [0.15, 0.2) is 0 Å². The van der Waals surface area contributed by atoms with Gasteiger partial charge in [-0.15, -0.1) is 0 Å². The number of nitrogens with zero attached hydrogens (tertiary/aromatic N) is 1. The van der Waals surface area contributed by atoms with Crippen LogP contribution in [0.2, 0.25) is 0 Å². The van der Waals surface area contributed by atoms with Crippen LogP contribution in [0, 0.1) is 17.6 Å². The van der Waals surface area contributed by atoms with Crippen molar-refractivity contribution in [2.24, 2.45) is 5.92 Å². The zero-order chi connectivity index (χ0) is 14.5. The summed E-state index contributed by atoms with van der Waals surface area (Å²) >= 11 is 0. The lowest BCUT2D eigenvalue weighted by Crippen LogP contribution is -2.37. The molecule has 1 unspecified atom stereocenters. The molecule has 0 aromatic heterocycles. The Hall–Kier alpha value is -1.00. The summed E-state index contributed by atoms with van der Waals surface area (Å²) in [5.74, 6) is -0.353. The van der Waals surface area contributed by atoms with E-state index in [1.807, 2.05) is 6.92 Å². The molecule has 1 fully saturated rings. The average Bonchev–Trinajstić information content (AvgIpc) is 2.44. The maximum absolute atomic E-state index is 13.2. The molecule has 4 heteroatoms. The van der Waals surface area contributed by atoms with Crippen LogP contribution in [0.5, 0.6) is 0 Å². The fourth-order valence-electron chi connectivity index (χ4n) is 2.79. The summed E-state index contributed by atoms with van der Waals surface area (Å²) < 4.78 is 26.4. The van der Waals surface area contributed by atoms with Crippen LogP contribution in [0.4, 0.5) is 8.78 Å². The molecular weight excluding hydrogens is 258 g/mol. The number of nitrogens with one attached hydrogen (secondary N) is 1.